The van der Waals surface area contributed by atoms with Crippen molar-refractivity contribution in [3.05, 3.63) is 10.4 Å². The molecule has 4 bridgehead atoms. The van der Waals surface area contributed by atoms with Gasteiger partial charge in [0.05, 0.1) is 12.6 Å². The Balaban J connectivity index is 1.79. The average molecular weight is 221 g/mol. The van der Waals surface area contributed by atoms with Crippen LogP contribution in [-0.2, 0) is 0 Å². The van der Waals surface area contributed by atoms with Crippen molar-refractivity contribution >= 4 is 0 Å². The third-order valence-electron chi connectivity index (χ3n) is 5.11. The number of hydrogen-bond donors (Lipinski definition) is 1. The largest absolute Gasteiger partial charge is 0.392 e. The third-order valence-corrected chi connectivity index (χ3v) is 5.11. The maximum atomic E-state index is 10.3. The van der Waals surface area contributed by atoms with Gasteiger partial charge in [-0.25, -0.2) is 0 Å². The van der Waals surface area contributed by atoms with E-state index in [1.165, 1.54) is 38.5 Å². The zero-order valence-electron chi connectivity index (χ0n) is 9.55. The van der Waals surface area contributed by atoms with Crippen LogP contribution < -0.4 is 0 Å². The Morgan fingerprint density at radius 2 is 1.69 bits per heavy atom. The van der Waals surface area contributed by atoms with Crippen LogP contribution in [-0.4, -0.2) is 17.8 Å². The molecule has 0 aromatic heterocycles. The van der Waals surface area contributed by atoms with Gasteiger partial charge in [-0.15, -0.1) is 0 Å². The fraction of sp³-hybridized carbons (Fsp3) is 1.00. The van der Waals surface area contributed by atoms with Gasteiger partial charge in [0.25, 0.3) is 0 Å². The van der Waals surface area contributed by atoms with Crippen molar-refractivity contribution in [3.8, 4) is 0 Å². The molecule has 4 rings (SSSR count). The highest BCUT2D eigenvalue weighted by Gasteiger charge is 2.53. The minimum absolute atomic E-state index is 0.100. The Labute approximate surface area is 95.7 Å². The van der Waals surface area contributed by atoms with Gasteiger partial charge in [0, 0.05) is 4.91 Å². The van der Waals surface area contributed by atoms with Gasteiger partial charge in [0.1, 0.15) is 0 Å². The van der Waals surface area contributed by atoms with Crippen LogP contribution in [0.1, 0.15) is 38.5 Å². The van der Waals surface area contributed by atoms with Gasteiger partial charge >= 0.3 is 0 Å². The second-order valence-electron chi connectivity index (χ2n) is 6.21. The van der Waals surface area contributed by atoms with Gasteiger partial charge in [-0.2, -0.15) is 0 Å². The van der Waals surface area contributed by atoms with Gasteiger partial charge in [-0.1, -0.05) is 5.11 Å². The summed E-state index contributed by atoms with van der Waals surface area (Å²) in [4.78, 5) is 2.77. The number of azide groups is 1. The SMILES string of the molecule is [N-]=[N+]=NCC(O)C12CC3CC(CC(C3)C1)C2. The molecule has 4 fully saturated rings. The lowest BCUT2D eigenvalue weighted by molar-refractivity contribution is -0.116. The maximum absolute atomic E-state index is 10.3. The van der Waals surface area contributed by atoms with Gasteiger partial charge < -0.3 is 5.11 Å². The number of hydrogen-bond acceptors (Lipinski definition) is 2. The van der Waals surface area contributed by atoms with E-state index in [-0.39, 0.29) is 12.0 Å². The number of aliphatic hydroxyl groups is 1. The van der Waals surface area contributed by atoms with Crippen LogP contribution in [0.4, 0.5) is 0 Å². The van der Waals surface area contributed by atoms with Crippen LogP contribution in [0.25, 0.3) is 10.4 Å². The summed E-state index contributed by atoms with van der Waals surface area (Å²) in [6.45, 7) is 0.267. The summed E-state index contributed by atoms with van der Waals surface area (Å²) >= 11 is 0. The molecule has 16 heavy (non-hydrogen) atoms. The highest BCUT2D eigenvalue weighted by Crippen LogP contribution is 2.61. The molecule has 0 amide bonds. The predicted octanol–water partition coefficient (Wildman–Crippen LogP) is 2.87. The molecule has 1 N–H and O–H groups in total. The van der Waals surface area contributed by atoms with Crippen molar-refractivity contribution in [2.24, 2.45) is 28.3 Å². The van der Waals surface area contributed by atoms with Gasteiger partial charge in [0.2, 0.25) is 0 Å². The van der Waals surface area contributed by atoms with Crippen molar-refractivity contribution in [1.29, 1.82) is 0 Å². The molecule has 1 unspecified atom stereocenters. The Morgan fingerprint density at radius 1 is 1.19 bits per heavy atom. The van der Waals surface area contributed by atoms with Crippen molar-refractivity contribution in [2.75, 3.05) is 6.54 Å². The average Bonchev–Trinajstić information content (AvgIpc) is 2.24. The van der Waals surface area contributed by atoms with E-state index < -0.39 is 6.10 Å². The van der Waals surface area contributed by atoms with E-state index in [2.05, 4.69) is 10.0 Å². The molecule has 1 atom stereocenters. The van der Waals surface area contributed by atoms with Crippen molar-refractivity contribution in [1.82, 2.24) is 0 Å². The van der Waals surface area contributed by atoms with Crippen LogP contribution in [0.3, 0.4) is 0 Å². The standard InChI is InChI=1S/C12H19N3O/c13-15-14-7-11(16)12-4-8-1-9(5-12)3-10(2-8)6-12/h8-11,16H,1-7H2. The van der Waals surface area contributed by atoms with Crippen molar-refractivity contribution < 1.29 is 5.11 Å². The summed E-state index contributed by atoms with van der Waals surface area (Å²) in [6, 6.07) is 0. The molecule has 0 radical (unpaired) electrons. The molecule has 4 saturated carbocycles. The fourth-order valence-corrected chi connectivity index (χ4v) is 4.89. The molecule has 0 spiro atoms. The normalized spacial score (nSPS) is 46.4. The van der Waals surface area contributed by atoms with E-state index in [1.807, 2.05) is 0 Å². The van der Waals surface area contributed by atoms with E-state index in [0.717, 1.165) is 17.8 Å². The molecule has 0 heterocycles. The summed E-state index contributed by atoms with van der Waals surface area (Å²) in [5.41, 5.74) is 8.44. The predicted molar refractivity (Wildman–Crippen MR) is 60.6 cm³/mol. The fourth-order valence-electron chi connectivity index (χ4n) is 4.89. The van der Waals surface area contributed by atoms with E-state index in [0.29, 0.717) is 0 Å². The second kappa shape index (κ2) is 3.64. The Hall–Kier alpha value is -0.730. The summed E-state index contributed by atoms with van der Waals surface area (Å²) in [6.07, 6.45) is 7.24. The van der Waals surface area contributed by atoms with Gasteiger partial charge in [-0.3, -0.25) is 0 Å². The first kappa shape index (κ1) is 10.4. The summed E-state index contributed by atoms with van der Waals surface area (Å²) in [7, 11) is 0. The lowest BCUT2D eigenvalue weighted by atomic mass is 9.48. The monoisotopic (exact) mass is 221 g/mol. The third kappa shape index (κ3) is 1.52. The summed E-state index contributed by atoms with van der Waals surface area (Å²) in [5.74, 6) is 2.52. The highest BCUT2D eigenvalue weighted by atomic mass is 16.3. The zero-order valence-corrected chi connectivity index (χ0v) is 9.55. The quantitative estimate of drug-likeness (QED) is 0.444. The van der Waals surface area contributed by atoms with Crippen molar-refractivity contribution in [2.45, 2.75) is 44.6 Å². The van der Waals surface area contributed by atoms with E-state index in [4.69, 9.17) is 5.53 Å². The molecule has 88 valence electrons. The van der Waals surface area contributed by atoms with E-state index in [9.17, 15) is 5.11 Å². The Bertz CT molecular complexity index is 300. The van der Waals surface area contributed by atoms with Gasteiger partial charge in [-0.05, 0) is 67.2 Å². The van der Waals surface area contributed by atoms with Crippen LogP contribution in [0.5, 0.6) is 0 Å². The molecule has 4 nitrogen and oxygen atoms in total. The van der Waals surface area contributed by atoms with Gasteiger partial charge in [0.15, 0.2) is 0 Å². The van der Waals surface area contributed by atoms with Crippen LogP contribution in [0.2, 0.25) is 0 Å². The van der Waals surface area contributed by atoms with Crippen LogP contribution in [0, 0.1) is 23.2 Å². The first-order valence-electron chi connectivity index (χ1n) is 6.41. The molecule has 4 aliphatic rings. The van der Waals surface area contributed by atoms with Crippen LogP contribution >= 0.6 is 0 Å². The molecular weight excluding hydrogens is 202 g/mol. The number of rotatable bonds is 3. The number of aliphatic hydroxyl groups excluding tert-OH is 1. The molecule has 0 aromatic rings. The lowest BCUT2D eigenvalue weighted by Gasteiger charge is -2.58. The van der Waals surface area contributed by atoms with E-state index >= 15 is 0 Å². The lowest BCUT2D eigenvalue weighted by Crippen LogP contribution is -2.52. The minimum atomic E-state index is -0.406. The number of nitrogens with zero attached hydrogens (tertiary/aromatic N) is 3. The minimum Gasteiger partial charge on any atom is -0.392 e. The highest BCUT2D eigenvalue weighted by molar-refractivity contribution is 5.04. The molecule has 0 aliphatic heterocycles. The first-order chi connectivity index (χ1) is 7.72. The Morgan fingerprint density at radius 3 is 2.12 bits per heavy atom. The van der Waals surface area contributed by atoms with Crippen LogP contribution in [0.15, 0.2) is 5.11 Å². The molecule has 4 aliphatic carbocycles. The summed E-state index contributed by atoms with van der Waals surface area (Å²) < 4.78 is 0. The zero-order chi connectivity index (χ0) is 11.2. The second-order valence-corrected chi connectivity index (χ2v) is 6.21. The molecule has 4 heteroatoms. The van der Waals surface area contributed by atoms with Crippen molar-refractivity contribution in [3.63, 3.8) is 0 Å². The molecular formula is C12H19N3O. The summed E-state index contributed by atoms with van der Waals surface area (Å²) in [5, 5.41) is 13.8. The Kier molecular flexibility index (Phi) is 2.37. The molecule has 0 saturated heterocycles. The molecule has 0 aromatic carbocycles. The smallest absolute Gasteiger partial charge is 0.0653 e. The first-order valence-corrected chi connectivity index (χ1v) is 6.41. The topological polar surface area (TPSA) is 69.0 Å². The maximum Gasteiger partial charge on any atom is 0.0653 e. The van der Waals surface area contributed by atoms with E-state index in [1.54, 1.807) is 0 Å².